The Hall–Kier alpha value is -3.87. The number of carbonyl (C=O) groups is 1. The molecule has 2 aromatic rings. The maximum absolute atomic E-state index is 11.9. The molecule has 0 bridgehead atoms. The Balaban J connectivity index is 1.34. The number of hydrogen-bond donors (Lipinski definition) is 1. The minimum atomic E-state index is -0.762. The molecule has 1 fully saturated rings. The minimum absolute atomic E-state index is 0.418. The zero-order valence-electron chi connectivity index (χ0n) is 23.6. The number of anilines is 1. The number of benzene rings is 1. The molecule has 1 amide bonds. The Labute approximate surface area is 236 Å². The number of para-hydroxylation sites is 1. The zero-order valence-corrected chi connectivity index (χ0v) is 23.6. The van der Waals surface area contributed by atoms with Crippen LogP contribution in [0.15, 0.2) is 54.1 Å². The topological polar surface area (TPSA) is 104 Å². The van der Waals surface area contributed by atoms with Crippen LogP contribution in [0.3, 0.4) is 0 Å². The highest BCUT2D eigenvalue weighted by Crippen LogP contribution is 2.30. The fourth-order valence-electron chi connectivity index (χ4n) is 5.95. The summed E-state index contributed by atoms with van der Waals surface area (Å²) in [6.07, 6.45) is 10.3. The van der Waals surface area contributed by atoms with Gasteiger partial charge >= 0.3 is 6.09 Å². The first kappa shape index (κ1) is 27.7. The third-order valence-electron chi connectivity index (χ3n) is 7.98. The number of aromatic nitrogens is 2. The van der Waals surface area contributed by atoms with E-state index in [1.54, 1.807) is 0 Å². The molecule has 3 heterocycles. The van der Waals surface area contributed by atoms with Crippen molar-refractivity contribution in [3.8, 4) is 6.07 Å². The fraction of sp³-hybridized carbons (Fsp3) is 0.452. The molecule has 3 aliphatic rings. The van der Waals surface area contributed by atoms with Crippen molar-refractivity contribution in [2.75, 3.05) is 51.2 Å². The van der Waals surface area contributed by atoms with Gasteiger partial charge in [-0.3, -0.25) is 9.58 Å². The van der Waals surface area contributed by atoms with E-state index >= 15 is 0 Å². The molecule has 1 aromatic heterocycles. The number of rotatable bonds is 7. The number of nitriles is 1. The Bertz CT molecular complexity index is 1360. The second-order valence-corrected chi connectivity index (χ2v) is 11.0. The highest BCUT2D eigenvalue weighted by Gasteiger charge is 2.28. The van der Waals surface area contributed by atoms with Crippen LogP contribution >= 0.6 is 0 Å². The van der Waals surface area contributed by atoms with Crippen LogP contribution in [0.2, 0.25) is 0 Å². The van der Waals surface area contributed by atoms with E-state index in [1.165, 1.54) is 22.4 Å². The van der Waals surface area contributed by atoms with Gasteiger partial charge in [-0.2, -0.15) is 10.4 Å². The molecule has 0 radical (unpaired) electrons. The van der Waals surface area contributed by atoms with E-state index in [2.05, 4.69) is 63.7 Å². The molecule has 0 spiro atoms. The van der Waals surface area contributed by atoms with Crippen LogP contribution in [0.4, 0.5) is 10.5 Å². The van der Waals surface area contributed by atoms with Gasteiger partial charge in [-0.1, -0.05) is 42.0 Å². The van der Waals surface area contributed by atoms with Crippen molar-refractivity contribution < 1.29 is 9.53 Å². The van der Waals surface area contributed by atoms with Crippen LogP contribution in [0.5, 0.6) is 0 Å². The summed E-state index contributed by atoms with van der Waals surface area (Å²) in [6, 6.07) is 10.0. The molecule has 1 aliphatic carbocycles. The molecular formula is C31H39N7O2. The van der Waals surface area contributed by atoms with Gasteiger partial charge in [0.2, 0.25) is 0 Å². The van der Waals surface area contributed by atoms with Gasteiger partial charge in [0.1, 0.15) is 12.2 Å². The van der Waals surface area contributed by atoms with Crippen LogP contribution < -0.4 is 10.6 Å². The number of hydrogen-bond acceptors (Lipinski definition) is 7. The standard InChI is InChI=1S/C31H39N7O2/c1-23-7-5-9-24(13-12-23)30-27-22-35(2)14-6-11-29(27)38(34-30)21-26(40-31(33)39)20-36-15-17-37(18-16-36)28-10-4-3-8-25(28)19-32/h3-5,7-8,10,12-13,26H,6,9,11,14-18,20-22H2,1-2H3,(H2,33,39). The minimum Gasteiger partial charge on any atom is -0.443 e. The van der Waals surface area contributed by atoms with Crippen molar-refractivity contribution in [3.63, 3.8) is 0 Å². The van der Waals surface area contributed by atoms with Gasteiger partial charge in [0.15, 0.2) is 0 Å². The molecule has 1 unspecified atom stereocenters. The summed E-state index contributed by atoms with van der Waals surface area (Å²) >= 11 is 0. The molecule has 2 aliphatic heterocycles. The van der Waals surface area contributed by atoms with Crippen molar-refractivity contribution in [1.82, 2.24) is 19.6 Å². The fourth-order valence-corrected chi connectivity index (χ4v) is 5.95. The van der Waals surface area contributed by atoms with Gasteiger partial charge in [-0.25, -0.2) is 4.79 Å². The number of ether oxygens (including phenoxy) is 1. The van der Waals surface area contributed by atoms with Crippen molar-refractivity contribution >= 4 is 17.4 Å². The molecule has 40 heavy (non-hydrogen) atoms. The monoisotopic (exact) mass is 541 g/mol. The Morgan fingerprint density at radius 3 is 2.73 bits per heavy atom. The maximum atomic E-state index is 11.9. The van der Waals surface area contributed by atoms with E-state index < -0.39 is 12.2 Å². The molecule has 9 heteroatoms. The Morgan fingerprint density at radius 2 is 1.95 bits per heavy atom. The maximum Gasteiger partial charge on any atom is 0.404 e. The second kappa shape index (κ2) is 12.5. The Kier molecular flexibility index (Phi) is 8.68. The largest absolute Gasteiger partial charge is 0.443 e. The predicted molar refractivity (Wildman–Crippen MR) is 157 cm³/mol. The Morgan fingerprint density at radius 1 is 1.15 bits per heavy atom. The molecule has 0 saturated carbocycles. The average Bonchev–Trinajstić information content (AvgIpc) is 3.08. The van der Waals surface area contributed by atoms with Crippen LogP contribution in [-0.4, -0.2) is 78.1 Å². The SMILES string of the molecule is CC1=CC=C(c2nn(CC(CN3CCN(c4ccccc4C#N)CC3)OC(N)=O)c3c2CN(C)CCC3)CC=C1. The van der Waals surface area contributed by atoms with Gasteiger partial charge in [0.05, 0.1) is 23.5 Å². The highest BCUT2D eigenvalue weighted by molar-refractivity contribution is 5.70. The van der Waals surface area contributed by atoms with Gasteiger partial charge in [0, 0.05) is 50.5 Å². The highest BCUT2D eigenvalue weighted by atomic mass is 16.6. The summed E-state index contributed by atoms with van der Waals surface area (Å²) in [7, 11) is 2.16. The third-order valence-corrected chi connectivity index (χ3v) is 7.98. The van der Waals surface area contributed by atoms with E-state index in [4.69, 9.17) is 15.6 Å². The first-order valence-corrected chi connectivity index (χ1v) is 14.1. The van der Waals surface area contributed by atoms with Crippen molar-refractivity contribution in [3.05, 3.63) is 76.7 Å². The quantitative estimate of drug-likeness (QED) is 0.570. The van der Waals surface area contributed by atoms with Crippen LogP contribution in [0.1, 0.15) is 42.3 Å². The number of allylic oxidation sites excluding steroid dienone is 6. The van der Waals surface area contributed by atoms with Gasteiger partial charge in [-0.05, 0) is 57.5 Å². The average molecular weight is 542 g/mol. The lowest BCUT2D eigenvalue weighted by molar-refractivity contribution is 0.0618. The lowest BCUT2D eigenvalue weighted by atomic mass is 10.0. The van der Waals surface area contributed by atoms with Crippen molar-refractivity contribution in [2.24, 2.45) is 5.73 Å². The summed E-state index contributed by atoms with van der Waals surface area (Å²) in [4.78, 5) is 18.9. The number of amides is 1. The van der Waals surface area contributed by atoms with Crippen LogP contribution in [0, 0.1) is 11.3 Å². The van der Waals surface area contributed by atoms with Gasteiger partial charge < -0.3 is 20.3 Å². The third kappa shape index (κ3) is 6.46. The molecule has 210 valence electrons. The van der Waals surface area contributed by atoms with E-state index in [0.29, 0.717) is 18.7 Å². The van der Waals surface area contributed by atoms with E-state index in [1.807, 2.05) is 24.3 Å². The lowest BCUT2D eigenvalue weighted by Gasteiger charge is -2.37. The van der Waals surface area contributed by atoms with Gasteiger partial charge in [0.25, 0.3) is 0 Å². The van der Waals surface area contributed by atoms with Crippen molar-refractivity contribution in [1.29, 1.82) is 5.26 Å². The normalized spacial score (nSPS) is 19.1. The number of carbonyl (C=O) groups excluding carboxylic acids is 1. The lowest BCUT2D eigenvalue weighted by Crippen LogP contribution is -2.50. The first-order chi connectivity index (χ1) is 19.4. The first-order valence-electron chi connectivity index (χ1n) is 14.1. The summed E-state index contributed by atoms with van der Waals surface area (Å²) < 4.78 is 7.74. The van der Waals surface area contributed by atoms with E-state index in [0.717, 1.165) is 69.9 Å². The molecule has 5 rings (SSSR count). The molecule has 1 atom stereocenters. The number of nitrogens with two attached hydrogens (primary N) is 1. The summed E-state index contributed by atoms with van der Waals surface area (Å²) in [5.74, 6) is 0. The summed E-state index contributed by atoms with van der Waals surface area (Å²) in [5.41, 5.74) is 13.2. The second-order valence-electron chi connectivity index (χ2n) is 11.0. The van der Waals surface area contributed by atoms with Gasteiger partial charge in [-0.15, -0.1) is 0 Å². The predicted octanol–water partition coefficient (Wildman–Crippen LogP) is 3.71. The number of primary amides is 1. The summed E-state index contributed by atoms with van der Waals surface area (Å²) in [6.45, 7) is 8.23. The van der Waals surface area contributed by atoms with Crippen molar-refractivity contribution in [2.45, 2.75) is 45.4 Å². The van der Waals surface area contributed by atoms with E-state index in [-0.39, 0.29) is 0 Å². The zero-order chi connectivity index (χ0) is 28.1. The molecule has 1 aromatic carbocycles. The molecule has 1 saturated heterocycles. The molecular weight excluding hydrogens is 502 g/mol. The van der Waals surface area contributed by atoms with E-state index in [9.17, 15) is 10.1 Å². The number of fused-ring (bicyclic) bond motifs is 1. The molecule has 2 N–H and O–H groups in total. The molecule has 9 nitrogen and oxygen atoms in total. The summed E-state index contributed by atoms with van der Waals surface area (Å²) in [5, 5.41) is 14.6. The number of piperazine rings is 1. The van der Waals surface area contributed by atoms with Crippen LogP contribution in [0.25, 0.3) is 5.57 Å². The number of nitrogens with zero attached hydrogens (tertiary/aromatic N) is 6. The van der Waals surface area contributed by atoms with Crippen LogP contribution in [-0.2, 0) is 24.2 Å². The smallest absolute Gasteiger partial charge is 0.404 e.